The Kier molecular flexibility index (Phi) is 6.31. The van der Waals surface area contributed by atoms with Crippen molar-refractivity contribution in [1.29, 1.82) is 0 Å². The lowest BCUT2D eigenvalue weighted by Gasteiger charge is -2.23. The minimum Gasteiger partial charge on any atom is -0.460 e. The fourth-order valence-corrected chi connectivity index (χ4v) is 2.52. The molecule has 1 aliphatic heterocycles. The minimum atomic E-state index is -0.409. The summed E-state index contributed by atoms with van der Waals surface area (Å²) in [4.78, 5) is 18.6. The van der Waals surface area contributed by atoms with Gasteiger partial charge in [0.1, 0.15) is 5.60 Å². The number of likely N-dealkylation sites (tertiary alicyclic amines) is 1. The molecule has 1 N–H and O–H groups in total. The van der Waals surface area contributed by atoms with Gasteiger partial charge in [0.25, 0.3) is 0 Å². The van der Waals surface area contributed by atoms with Crippen LogP contribution in [0.25, 0.3) is 0 Å². The van der Waals surface area contributed by atoms with Gasteiger partial charge < -0.3 is 15.0 Å². The van der Waals surface area contributed by atoms with E-state index in [2.05, 4.69) is 22.1 Å². The molecule has 1 heterocycles. The monoisotopic (exact) mass is 409 g/mol. The van der Waals surface area contributed by atoms with Crippen molar-refractivity contribution in [2.24, 2.45) is 16.8 Å². The second-order valence-corrected chi connectivity index (χ2v) is 6.98. The maximum Gasteiger partial charge on any atom is 0.311 e. The molecule has 0 aromatic carbocycles. The molecule has 0 aromatic rings. The number of halogens is 1. The molecule has 0 spiro atoms. The zero-order valence-corrected chi connectivity index (χ0v) is 16.0. The third-order valence-corrected chi connectivity index (χ3v) is 3.86. The molecule has 21 heavy (non-hydrogen) atoms. The first-order valence-electron chi connectivity index (χ1n) is 7.51. The number of carbonyl (C=O) groups is 1. The van der Waals surface area contributed by atoms with E-state index < -0.39 is 5.60 Å². The number of ether oxygens (including phenoxy) is 1. The minimum absolute atomic E-state index is 0. The molecule has 0 aromatic heterocycles. The van der Waals surface area contributed by atoms with Crippen molar-refractivity contribution in [2.75, 3.05) is 20.1 Å². The Morgan fingerprint density at radius 2 is 2.00 bits per heavy atom. The Labute approximate surface area is 144 Å². The largest absolute Gasteiger partial charge is 0.460 e. The summed E-state index contributed by atoms with van der Waals surface area (Å²) < 4.78 is 5.47. The van der Waals surface area contributed by atoms with E-state index in [0.29, 0.717) is 12.6 Å². The van der Waals surface area contributed by atoms with Crippen LogP contribution in [0.1, 0.15) is 40.5 Å². The first-order chi connectivity index (χ1) is 9.30. The van der Waals surface area contributed by atoms with Gasteiger partial charge in [0.2, 0.25) is 0 Å². The van der Waals surface area contributed by atoms with Crippen LogP contribution < -0.4 is 5.32 Å². The van der Waals surface area contributed by atoms with Gasteiger partial charge in [0, 0.05) is 26.2 Å². The standard InChI is InChI=1S/C15H27N3O2.HI/c1-10-8-12(10)17-14(16-5)18-7-6-11(9-18)13(19)20-15(2,3)4;/h10-12H,6-9H2,1-5H3,(H,16,17);1H. The molecule has 1 aliphatic carbocycles. The van der Waals surface area contributed by atoms with Gasteiger partial charge in [-0.15, -0.1) is 24.0 Å². The Balaban J connectivity index is 0.00000220. The third-order valence-electron chi connectivity index (χ3n) is 3.86. The highest BCUT2D eigenvalue weighted by Gasteiger charge is 2.37. The Morgan fingerprint density at radius 1 is 1.38 bits per heavy atom. The lowest BCUT2D eigenvalue weighted by Crippen LogP contribution is -2.42. The zero-order chi connectivity index (χ0) is 14.9. The lowest BCUT2D eigenvalue weighted by molar-refractivity contribution is -0.159. The molecule has 2 fully saturated rings. The summed E-state index contributed by atoms with van der Waals surface area (Å²) in [5.41, 5.74) is -0.409. The van der Waals surface area contributed by atoms with Crippen molar-refractivity contribution in [1.82, 2.24) is 10.2 Å². The van der Waals surface area contributed by atoms with E-state index in [0.717, 1.165) is 24.8 Å². The van der Waals surface area contributed by atoms with Crippen molar-refractivity contribution < 1.29 is 9.53 Å². The highest BCUT2D eigenvalue weighted by atomic mass is 127. The second-order valence-electron chi connectivity index (χ2n) is 6.98. The molecular formula is C15H28IN3O2. The van der Waals surface area contributed by atoms with Gasteiger partial charge in [-0.1, -0.05) is 6.92 Å². The van der Waals surface area contributed by atoms with Gasteiger partial charge in [-0.2, -0.15) is 0 Å². The highest BCUT2D eigenvalue weighted by molar-refractivity contribution is 14.0. The summed E-state index contributed by atoms with van der Waals surface area (Å²) in [6.07, 6.45) is 2.05. The second kappa shape index (κ2) is 7.15. The number of guanidine groups is 1. The lowest BCUT2D eigenvalue weighted by atomic mass is 10.1. The molecule has 0 bridgehead atoms. The van der Waals surface area contributed by atoms with E-state index in [4.69, 9.17) is 4.74 Å². The molecule has 1 saturated heterocycles. The normalized spacial score (nSPS) is 28.9. The van der Waals surface area contributed by atoms with E-state index in [-0.39, 0.29) is 35.9 Å². The van der Waals surface area contributed by atoms with Crippen molar-refractivity contribution in [3.05, 3.63) is 0 Å². The predicted octanol–water partition coefficient (Wildman–Crippen LogP) is 2.25. The van der Waals surface area contributed by atoms with Crippen LogP contribution >= 0.6 is 24.0 Å². The van der Waals surface area contributed by atoms with Crippen molar-refractivity contribution in [3.8, 4) is 0 Å². The summed E-state index contributed by atoms with van der Waals surface area (Å²) in [6.45, 7) is 9.53. The maximum atomic E-state index is 12.1. The van der Waals surface area contributed by atoms with Crippen molar-refractivity contribution in [3.63, 3.8) is 0 Å². The summed E-state index contributed by atoms with van der Waals surface area (Å²) in [5.74, 6) is 1.53. The summed E-state index contributed by atoms with van der Waals surface area (Å²) in [6, 6.07) is 0.550. The zero-order valence-electron chi connectivity index (χ0n) is 13.7. The van der Waals surface area contributed by atoms with Crippen LogP contribution in [-0.4, -0.2) is 48.6 Å². The number of hydrogen-bond donors (Lipinski definition) is 1. The number of nitrogens with zero attached hydrogens (tertiary/aromatic N) is 2. The average molecular weight is 409 g/mol. The number of rotatable bonds is 2. The smallest absolute Gasteiger partial charge is 0.311 e. The summed E-state index contributed by atoms with van der Waals surface area (Å²) in [5, 5.41) is 3.46. The molecule has 0 radical (unpaired) electrons. The van der Waals surface area contributed by atoms with Gasteiger partial charge in [0.05, 0.1) is 5.92 Å². The molecule has 122 valence electrons. The highest BCUT2D eigenvalue weighted by Crippen LogP contribution is 2.29. The fourth-order valence-electron chi connectivity index (χ4n) is 2.52. The molecule has 5 nitrogen and oxygen atoms in total. The van der Waals surface area contributed by atoms with Crippen LogP contribution in [0.3, 0.4) is 0 Å². The van der Waals surface area contributed by atoms with Crippen LogP contribution in [-0.2, 0) is 9.53 Å². The molecular weight excluding hydrogens is 381 g/mol. The number of aliphatic imine (C=N–C) groups is 1. The molecule has 2 rings (SSSR count). The number of nitrogens with one attached hydrogen (secondary N) is 1. The Hall–Kier alpha value is -0.530. The number of esters is 1. The van der Waals surface area contributed by atoms with Gasteiger partial charge in [-0.25, -0.2) is 0 Å². The maximum absolute atomic E-state index is 12.1. The topological polar surface area (TPSA) is 53.9 Å². The van der Waals surface area contributed by atoms with E-state index in [1.54, 1.807) is 7.05 Å². The van der Waals surface area contributed by atoms with Gasteiger partial charge in [0.15, 0.2) is 5.96 Å². The van der Waals surface area contributed by atoms with Crippen molar-refractivity contribution in [2.45, 2.75) is 52.2 Å². The van der Waals surface area contributed by atoms with E-state index in [9.17, 15) is 4.79 Å². The van der Waals surface area contributed by atoms with Crippen LogP contribution in [0.2, 0.25) is 0 Å². The van der Waals surface area contributed by atoms with Gasteiger partial charge in [-0.05, 0) is 39.5 Å². The SMILES string of the molecule is CN=C(NC1CC1C)N1CCC(C(=O)OC(C)(C)C)C1.I. The predicted molar refractivity (Wildman–Crippen MR) is 95.0 cm³/mol. The molecule has 1 saturated carbocycles. The fraction of sp³-hybridized carbons (Fsp3) is 0.867. The first kappa shape index (κ1) is 18.5. The third kappa shape index (κ3) is 5.30. The van der Waals surface area contributed by atoms with Gasteiger partial charge in [-0.3, -0.25) is 9.79 Å². The first-order valence-corrected chi connectivity index (χ1v) is 7.51. The van der Waals surface area contributed by atoms with Crippen LogP contribution in [0.4, 0.5) is 0 Å². The molecule has 2 aliphatic rings. The van der Waals surface area contributed by atoms with E-state index in [1.165, 1.54) is 6.42 Å². The average Bonchev–Trinajstić information content (AvgIpc) is 2.85. The Morgan fingerprint density at radius 3 is 2.48 bits per heavy atom. The molecule has 3 atom stereocenters. The molecule has 3 unspecified atom stereocenters. The van der Waals surface area contributed by atoms with Gasteiger partial charge >= 0.3 is 5.97 Å². The van der Waals surface area contributed by atoms with E-state index >= 15 is 0 Å². The summed E-state index contributed by atoms with van der Waals surface area (Å²) >= 11 is 0. The van der Waals surface area contributed by atoms with Crippen LogP contribution in [0.5, 0.6) is 0 Å². The van der Waals surface area contributed by atoms with E-state index in [1.807, 2.05) is 20.8 Å². The van der Waals surface area contributed by atoms with Crippen LogP contribution in [0.15, 0.2) is 4.99 Å². The quantitative estimate of drug-likeness (QED) is 0.329. The number of carbonyl (C=O) groups excluding carboxylic acids is 1. The molecule has 6 heteroatoms. The Bertz CT molecular complexity index is 406. The van der Waals surface area contributed by atoms with Crippen LogP contribution in [0, 0.1) is 11.8 Å². The molecule has 0 amide bonds. The number of hydrogen-bond acceptors (Lipinski definition) is 3. The van der Waals surface area contributed by atoms with Crippen molar-refractivity contribution >= 4 is 35.9 Å². The summed E-state index contributed by atoms with van der Waals surface area (Å²) in [7, 11) is 1.80.